The fourth-order valence-electron chi connectivity index (χ4n) is 2.27. The van der Waals surface area contributed by atoms with E-state index in [-0.39, 0.29) is 5.56 Å². The molecule has 1 aromatic carbocycles. The van der Waals surface area contributed by atoms with E-state index < -0.39 is 0 Å². The Hall–Kier alpha value is -2.12. The molecule has 4 aromatic rings. The smallest absolute Gasteiger partial charge is 0.258 e. The number of benzene rings is 1. The summed E-state index contributed by atoms with van der Waals surface area (Å²) in [5.74, 6) is 0.614. The third-order valence-electron chi connectivity index (χ3n) is 3.26. The number of nitrogens with one attached hydrogen (secondary N) is 1. The molecule has 0 spiro atoms. The zero-order valence-corrected chi connectivity index (χ0v) is 13.4. The molecule has 0 saturated heterocycles. The van der Waals surface area contributed by atoms with E-state index in [4.69, 9.17) is 0 Å². The van der Waals surface area contributed by atoms with Crippen LogP contribution in [0.4, 0.5) is 0 Å². The third kappa shape index (κ3) is 2.42. The Kier molecular flexibility index (Phi) is 3.24. The molecule has 3 heterocycles. The summed E-state index contributed by atoms with van der Waals surface area (Å²) in [5, 5.41) is 0.838. The van der Waals surface area contributed by atoms with Crippen molar-refractivity contribution in [2.75, 3.05) is 0 Å². The highest BCUT2D eigenvalue weighted by atomic mass is 32.2. The predicted octanol–water partition coefficient (Wildman–Crippen LogP) is 3.23. The van der Waals surface area contributed by atoms with Gasteiger partial charge in [-0.2, -0.15) is 0 Å². The molecular formula is C15H12N4OS2. The van der Waals surface area contributed by atoms with Crippen LogP contribution >= 0.6 is 23.1 Å². The normalized spacial score (nSPS) is 11.5. The summed E-state index contributed by atoms with van der Waals surface area (Å²) >= 11 is 3.08. The fraction of sp³-hybridized carbons (Fsp3) is 0.133. The van der Waals surface area contributed by atoms with Gasteiger partial charge in [0.2, 0.25) is 0 Å². The maximum absolute atomic E-state index is 12.1. The maximum atomic E-state index is 12.1. The number of aryl methyl sites for hydroxylation is 1. The summed E-state index contributed by atoms with van der Waals surface area (Å²) in [6, 6.07) is 9.50. The molecule has 0 radical (unpaired) electrons. The number of aromatic nitrogens is 4. The van der Waals surface area contributed by atoms with Gasteiger partial charge in [0.1, 0.15) is 0 Å². The van der Waals surface area contributed by atoms with Gasteiger partial charge in [-0.05, 0) is 19.1 Å². The Labute approximate surface area is 134 Å². The number of imidazole rings is 1. The highest BCUT2D eigenvalue weighted by Gasteiger charge is 2.08. The first-order valence-electron chi connectivity index (χ1n) is 6.75. The average molecular weight is 328 g/mol. The number of rotatable bonds is 3. The van der Waals surface area contributed by atoms with Crippen LogP contribution in [0.1, 0.15) is 10.6 Å². The highest BCUT2D eigenvalue weighted by molar-refractivity contribution is 7.98. The van der Waals surface area contributed by atoms with Gasteiger partial charge in [-0.25, -0.2) is 9.97 Å². The Morgan fingerprint density at radius 3 is 3.05 bits per heavy atom. The minimum atomic E-state index is -0.0328. The van der Waals surface area contributed by atoms with E-state index in [2.05, 4.69) is 15.0 Å². The summed E-state index contributed by atoms with van der Waals surface area (Å²) in [6.45, 7) is 1.97. The molecule has 0 saturated carbocycles. The number of aromatic amines is 1. The van der Waals surface area contributed by atoms with Crippen LogP contribution in [0.3, 0.4) is 0 Å². The van der Waals surface area contributed by atoms with Crippen molar-refractivity contribution in [1.29, 1.82) is 0 Å². The molecule has 4 rings (SSSR count). The molecule has 0 aliphatic heterocycles. The molecule has 0 bridgehead atoms. The molecule has 3 aromatic heterocycles. The molecule has 0 aliphatic rings. The minimum Gasteiger partial charge on any atom is -0.333 e. The monoisotopic (exact) mass is 328 g/mol. The predicted molar refractivity (Wildman–Crippen MR) is 89.7 cm³/mol. The van der Waals surface area contributed by atoms with Gasteiger partial charge in [-0.3, -0.25) is 9.20 Å². The molecule has 0 aliphatic carbocycles. The van der Waals surface area contributed by atoms with Gasteiger partial charge in [-0.1, -0.05) is 23.9 Å². The zero-order valence-electron chi connectivity index (χ0n) is 11.7. The summed E-state index contributed by atoms with van der Waals surface area (Å²) in [6.07, 6.45) is 1.82. The molecule has 1 N–H and O–H groups in total. The van der Waals surface area contributed by atoms with Crippen LogP contribution in [0.5, 0.6) is 0 Å². The SMILES string of the molecule is Cc1cn2c(=O)cc(CSc3nc4ccccc4[nH]3)nc2s1. The first kappa shape index (κ1) is 13.5. The summed E-state index contributed by atoms with van der Waals surface area (Å²) in [5.41, 5.74) is 2.71. The third-order valence-corrected chi connectivity index (χ3v) is 5.07. The van der Waals surface area contributed by atoms with E-state index >= 15 is 0 Å². The lowest BCUT2D eigenvalue weighted by Crippen LogP contribution is -2.12. The van der Waals surface area contributed by atoms with E-state index in [1.807, 2.05) is 37.4 Å². The van der Waals surface area contributed by atoms with Gasteiger partial charge in [0, 0.05) is 22.9 Å². The maximum Gasteiger partial charge on any atom is 0.258 e. The summed E-state index contributed by atoms with van der Waals surface area (Å²) < 4.78 is 1.59. The quantitative estimate of drug-likeness (QED) is 0.587. The van der Waals surface area contributed by atoms with Crippen LogP contribution in [-0.2, 0) is 5.75 Å². The number of para-hydroxylation sites is 2. The second kappa shape index (κ2) is 5.26. The van der Waals surface area contributed by atoms with Crippen molar-refractivity contribution in [3.8, 4) is 0 Å². The van der Waals surface area contributed by atoms with Gasteiger partial charge < -0.3 is 4.98 Å². The molecule has 0 amide bonds. The molecule has 0 unspecified atom stereocenters. The molecule has 0 atom stereocenters. The average Bonchev–Trinajstić information content (AvgIpc) is 3.07. The van der Waals surface area contributed by atoms with E-state index in [1.165, 1.54) is 11.3 Å². The molecular weight excluding hydrogens is 316 g/mol. The van der Waals surface area contributed by atoms with Crippen LogP contribution < -0.4 is 5.56 Å². The van der Waals surface area contributed by atoms with Crippen molar-refractivity contribution in [3.63, 3.8) is 0 Å². The summed E-state index contributed by atoms with van der Waals surface area (Å²) in [4.78, 5) is 26.2. The van der Waals surface area contributed by atoms with E-state index in [0.717, 1.165) is 31.7 Å². The van der Waals surface area contributed by atoms with Gasteiger partial charge in [0.15, 0.2) is 10.1 Å². The van der Waals surface area contributed by atoms with Crippen LogP contribution in [0, 0.1) is 6.92 Å². The lowest BCUT2D eigenvalue weighted by molar-refractivity contribution is 1.03. The largest absolute Gasteiger partial charge is 0.333 e. The van der Waals surface area contributed by atoms with Crippen molar-refractivity contribution >= 4 is 39.1 Å². The Morgan fingerprint density at radius 2 is 2.18 bits per heavy atom. The number of fused-ring (bicyclic) bond motifs is 2. The Bertz CT molecular complexity index is 998. The number of hydrogen-bond donors (Lipinski definition) is 1. The van der Waals surface area contributed by atoms with E-state index in [0.29, 0.717) is 5.75 Å². The second-order valence-corrected chi connectivity index (χ2v) is 7.11. The summed E-state index contributed by atoms with van der Waals surface area (Å²) in [7, 11) is 0. The van der Waals surface area contributed by atoms with E-state index in [1.54, 1.807) is 22.2 Å². The lowest BCUT2D eigenvalue weighted by Gasteiger charge is -1.99. The van der Waals surface area contributed by atoms with Gasteiger partial charge in [0.25, 0.3) is 5.56 Å². The van der Waals surface area contributed by atoms with Gasteiger partial charge >= 0.3 is 0 Å². The molecule has 110 valence electrons. The number of H-pyrrole nitrogens is 1. The first-order valence-corrected chi connectivity index (χ1v) is 8.55. The number of nitrogens with zero attached hydrogens (tertiary/aromatic N) is 3. The highest BCUT2D eigenvalue weighted by Crippen LogP contribution is 2.22. The van der Waals surface area contributed by atoms with E-state index in [9.17, 15) is 4.79 Å². The van der Waals surface area contributed by atoms with Crippen molar-refractivity contribution in [3.05, 3.63) is 57.5 Å². The van der Waals surface area contributed by atoms with Crippen molar-refractivity contribution in [2.24, 2.45) is 0 Å². The van der Waals surface area contributed by atoms with Crippen LogP contribution in [-0.4, -0.2) is 19.4 Å². The second-order valence-electron chi connectivity index (χ2n) is 4.93. The number of thioether (sulfide) groups is 1. The van der Waals surface area contributed by atoms with Crippen molar-refractivity contribution in [2.45, 2.75) is 17.8 Å². The van der Waals surface area contributed by atoms with Crippen molar-refractivity contribution < 1.29 is 0 Å². The molecule has 22 heavy (non-hydrogen) atoms. The molecule has 7 heteroatoms. The molecule has 5 nitrogen and oxygen atoms in total. The van der Waals surface area contributed by atoms with Gasteiger partial charge in [-0.15, -0.1) is 11.3 Å². The molecule has 0 fully saturated rings. The lowest BCUT2D eigenvalue weighted by atomic mass is 10.3. The Balaban J connectivity index is 1.61. The Morgan fingerprint density at radius 1 is 1.32 bits per heavy atom. The topological polar surface area (TPSA) is 63.1 Å². The fourth-order valence-corrected chi connectivity index (χ4v) is 3.90. The van der Waals surface area contributed by atoms with Crippen LogP contribution in [0.2, 0.25) is 0 Å². The minimum absolute atomic E-state index is 0.0328. The van der Waals surface area contributed by atoms with Crippen molar-refractivity contribution in [1.82, 2.24) is 19.4 Å². The van der Waals surface area contributed by atoms with Crippen LogP contribution in [0.25, 0.3) is 16.0 Å². The van der Waals surface area contributed by atoms with Gasteiger partial charge in [0.05, 0.1) is 16.7 Å². The number of hydrogen-bond acceptors (Lipinski definition) is 5. The zero-order chi connectivity index (χ0) is 15.1. The number of thiazole rings is 1. The first-order chi connectivity index (χ1) is 10.7. The van der Waals surface area contributed by atoms with Crippen LogP contribution in [0.15, 0.2) is 46.5 Å². The standard InChI is InChI=1S/C15H12N4OS2/c1-9-7-19-13(20)6-10(16-15(19)22-9)8-21-14-17-11-4-2-3-5-12(11)18-14/h2-7H,8H2,1H3,(H,17,18).